The number of alkyl halides is 3. The van der Waals surface area contributed by atoms with E-state index in [-0.39, 0.29) is 12.5 Å². The van der Waals surface area contributed by atoms with Gasteiger partial charge in [0.2, 0.25) is 0 Å². The van der Waals surface area contributed by atoms with E-state index in [1.807, 2.05) is 19.1 Å². The molecule has 30 heavy (non-hydrogen) atoms. The molecule has 0 unspecified atom stereocenters. The molecule has 0 radical (unpaired) electrons. The van der Waals surface area contributed by atoms with Crippen molar-refractivity contribution in [2.75, 3.05) is 11.7 Å². The number of aryl methyl sites for hydroxylation is 1. The summed E-state index contributed by atoms with van der Waals surface area (Å²) in [4.78, 5) is 4.06. The first-order chi connectivity index (χ1) is 14.3. The first kappa shape index (κ1) is 20.0. The normalized spacial score (nSPS) is 13.9. The van der Waals surface area contributed by atoms with Crippen molar-refractivity contribution in [3.8, 4) is 5.75 Å². The van der Waals surface area contributed by atoms with Crippen LogP contribution in [0.2, 0.25) is 5.15 Å². The van der Waals surface area contributed by atoms with Gasteiger partial charge in [0.05, 0.1) is 12.2 Å². The van der Waals surface area contributed by atoms with E-state index in [4.69, 9.17) is 16.3 Å². The van der Waals surface area contributed by atoms with E-state index in [2.05, 4.69) is 19.9 Å². The summed E-state index contributed by atoms with van der Waals surface area (Å²) in [7, 11) is 0. The number of nitrogens with zero attached hydrogens (tertiary/aromatic N) is 5. The maximum absolute atomic E-state index is 12.3. The molecule has 0 amide bonds. The van der Waals surface area contributed by atoms with Crippen LogP contribution in [0.1, 0.15) is 17.0 Å². The van der Waals surface area contributed by atoms with E-state index >= 15 is 0 Å². The van der Waals surface area contributed by atoms with E-state index in [9.17, 15) is 13.2 Å². The Morgan fingerprint density at radius 1 is 1.17 bits per heavy atom. The van der Waals surface area contributed by atoms with Gasteiger partial charge in [0, 0.05) is 11.9 Å². The second-order valence-electron chi connectivity index (χ2n) is 6.44. The van der Waals surface area contributed by atoms with Gasteiger partial charge in [0.15, 0.2) is 6.73 Å². The van der Waals surface area contributed by atoms with Gasteiger partial charge in [-0.15, -0.1) is 18.3 Å². The monoisotopic (exact) mass is 437 g/mol. The highest BCUT2D eigenvalue weighted by atomic mass is 35.5. The quantitative estimate of drug-likeness (QED) is 0.555. The molecular formula is C19H15ClF3N5O2. The van der Waals surface area contributed by atoms with Crippen molar-refractivity contribution < 1.29 is 22.6 Å². The fourth-order valence-electron chi connectivity index (χ4n) is 2.81. The van der Waals surface area contributed by atoms with Gasteiger partial charge < -0.3 is 9.47 Å². The van der Waals surface area contributed by atoms with Gasteiger partial charge in [0.1, 0.15) is 16.6 Å². The average Bonchev–Trinajstić information content (AvgIpc) is 3.30. The minimum atomic E-state index is -4.73. The Bertz CT molecular complexity index is 1070. The lowest BCUT2D eigenvalue weighted by Crippen LogP contribution is -2.17. The Hall–Kier alpha value is -3.27. The van der Waals surface area contributed by atoms with Crippen LogP contribution in [0.3, 0.4) is 0 Å². The number of hydrogen-bond acceptors (Lipinski definition) is 6. The molecule has 3 heterocycles. The third-order valence-corrected chi connectivity index (χ3v) is 4.45. The Morgan fingerprint density at radius 2 is 1.93 bits per heavy atom. The lowest BCUT2D eigenvalue weighted by atomic mass is 10.3. The van der Waals surface area contributed by atoms with E-state index in [0.717, 1.165) is 11.3 Å². The zero-order valence-electron chi connectivity index (χ0n) is 15.6. The summed E-state index contributed by atoms with van der Waals surface area (Å²) in [6, 6.07) is 10.8. The van der Waals surface area contributed by atoms with Gasteiger partial charge in [-0.05, 0) is 48.9 Å². The molecule has 1 aliphatic rings. The van der Waals surface area contributed by atoms with Crippen LogP contribution in [-0.2, 0) is 11.3 Å². The van der Waals surface area contributed by atoms with Gasteiger partial charge in [-0.2, -0.15) is 5.10 Å². The molecular weight excluding hydrogens is 423 g/mol. The van der Waals surface area contributed by atoms with Gasteiger partial charge in [-0.25, -0.2) is 9.99 Å². The van der Waals surface area contributed by atoms with Crippen LogP contribution in [0.5, 0.6) is 5.75 Å². The Balaban J connectivity index is 1.48. The number of benzene rings is 1. The predicted molar refractivity (Wildman–Crippen MR) is 103 cm³/mol. The molecule has 0 spiro atoms. The number of aromatic nitrogens is 3. The van der Waals surface area contributed by atoms with Crippen molar-refractivity contribution in [3.63, 3.8) is 0 Å². The number of pyridine rings is 1. The molecule has 0 fully saturated rings. The number of ether oxygens (including phenoxy) is 2. The molecule has 1 aliphatic heterocycles. The third kappa shape index (κ3) is 4.65. The van der Waals surface area contributed by atoms with Crippen LogP contribution in [-0.4, -0.2) is 33.8 Å². The standard InChI is InChI=1S/C19H15ClF3N5O2/c1-12-8-16(25-27(12)10-13-2-7-17(20)24-9-13)18-26-28(11-29-18)14-3-5-15(6-4-14)30-19(21,22)23/h2-9H,10-11H2,1H3. The zero-order chi connectivity index (χ0) is 21.3. The second kappa shape index (κ2) is 7.86. The van der Waals surface area contributed by atoms with Crippen molar-refractivity contribution in [3.05, 3.63) is 70.8 Å². The largest absolute Gasteiger partial charge is 0.573 e. The predicted octanol–water partition coefficient (Wildman–Crippen LogP) is 4.34. The highest BCUT2D eigenvalue weighted by Crippen LogP contribution is 2.27. The number of halogens is 4. The smallest absolute Gasteiger partial charge is 0.452 e. The van der Waals surface area contributed by atoms with Crippen molar-refractivity contribution in [2.24, 2.45) is 5.10 Å². The first-order valence-electron chi connectivity index (χ1n) is 8.77. The molecule has 11 heteroatoms. The van der Waals surface area contributed by atoms with Crippen LogP contribution in [0.15, 0.2) is 53.8 Å². The van der Waals surface area contributed by atoms with Crippen molar-refractivity contribution in [1.82, 2.24) is 14.8 Å². The highest BCUT2D eigenvalue weighted by molar-refractivity contribution is 6.29. The number of rotatable bonds is 5. The van der Waals surface area contributed by atoms with Gasteiger partial charge in [-0.3, -0.25) is 4.68 Å². The molecule has 0 aliphatic carbocycles. The van der Waals surface area contributed by atoms with Crippen molar-refractivity contribution >= 4 is 23.2 Å². The fourth-order valence-corrected chi connectivity index (χ4v) is 2.93. The molecule has 2 aromatic heterocycles. The molecule has 3 aromatic rings. The molecule has 0 saturated heterocycles. The summed E-state index contributed by atoms with van der Waals surface area (Å²) in [5.41, 5.74) is 2.95. The minimum absolute atomic E-state index is 0.113. The zero-order valence-corrected chi connectivity index (χ0v) is 16.4. The average molecular weight is 438 g/mol. The van der Waals surface area contributed by atoms with Gasteiger partial charge >= 0.3 is 6.36 Å². The Labute approximate surface area is 174 Å². The first-order valence-corrected chi connectivity index (χ1v) is 9.15. The lowest BCUT2D eigenvalue weighted by Gasteiger charge is -2.13. The van der Waals surface area contributed by atoms with E-state index in [1.165, 1.54) is 29.3 Å². The molecule has 0 bridgehead atoms. The molecule has 0 N–H and O–H groups in total. The molecule has 0 atom stereocenters. The summed E-state index contributed by atoms with van der Waals surface area (Å²) in [6.07, 6.45) is -3.05. The topological polar surface area (TPSA) is 64.8 Å². The van der Waals surface area contributed by atoms with Crippen LogP contribution >= 0.6 is 11.6 Å². The summed E-state index contributed by atoms with van der Waals surface area (Å²) < 4.78 is 48.1. The summed E-state index contributed by atoms with van der Waals surface area (Å²) in [5.74, 6) is 0.0170. The van der Waals surface area contributed by atoms with E-state index < -0.39 is 6.36 Å². The Kier molecular flexibility index (Phi) is 5.25. The van der Waals surface area contributed by atoms with Gasteiger partial charge in [-0.1, -0.05) is 17.7 Å². The van der Waals surface area contributed by atoms with E-state index in [0.29, 0.717) is 29.0 Å². The summed E-state index contributed by atoms with van der Waals surface area (Å²) in [5, 5.41) is 10.8. The second-order valence-corrected chi connectivity index (χ2v) is 6.82. The SMILES string of the molecule is Cc1cc(C2=NN(c3ccc(OC(F)(F)F)cc3)CO2)nn1Cc1ccc(Cl)nc1. The minimum Gasteiger partial charge on any atom is -0.452 e. The maximum atomic E-state index is 12.3. The molecule has 7 nitrogen and oxygen atoms in total. The van der Waals surface area contributed by atoms with Crippen molar-refractivity contribution in [1.29, 1.82) is 0 Å². The number of anilines is 1. The van der Waals surface area contributed by atoms with Crippen molar-refractivity contribution in [2.45, 2.75) is 19.8 Å². The number of hydrazone groups is 1. The maximum Gasteiger partial charge on any atom is 0.573 e. The molecule has 0 saturated carbocycles. The molecule has 4 rings (SSSR count). The highest BCUT2D eigenvalue weighted by Gasteiger charge is 2.31. The van der Waals surface area contributed by atoms with Gasteiger partial charge in [0.25, 0.3) is 5.90 Å². The third-order valence-electron chi connectivity index (χ3n) is 4.22. The van der Waals surface area contributed by atoms with Crippen LogP contribution in [0.25, 0.3) is 0 Å². The summed E-state index contributed by atoms with van der Waals surface area (Å²) in [6.45, 7) is 2.53. The molecule has 1 aromatic carbocycles. The number of hydrogen-bond donors (Lipinski definition) is 0. The van der Waals surface area contributed by atoms with Crippen LogP contribution in [0.4, 0.5) is 18.9 Å². The molecule has 156 valence electrons. The van der Waals surface area contributed by atoms with Crippen LogP contribution in [0, 0.1) is 6.92 Å². The lowest BCUT2D eigenvalue weighted by molar-refractivity contribution is -0.274. The van der Waals surface area contributed by atoms with Crippen LogP contribution < -0.4 is 9.75 Å². The Morgan fingerprint density at radius 3 is 2.60 bits per heavy atom. The van der Waals surface area contributed by atoms with E-state index in [1.54, 1.807) is 16.9 Å². The summed E-state index contributed by atoms with van der Waals surface area (Å²) >= 11 is 5.81. The fraction of sp³-hybridized carbons (Fsp3) is 0.211.